The molecule has 0 spiro atoms. The lowest BCUT2D eigenvalue weighted by Crippen LogP contribution is -2.48. The van der Waals surface area contributed by atoms with Crippen molar-refractivity contribution in [2.75, 3.05) is 0 Å². The maximum Gasteiger partial charge on any atom is 0.240 e. The molecule has 0 aromatic heterocycles. The Kier molecular flexibility index (Phi) is 6.75. The minimum absolute atomic E-state index is 0.00773. The summed E-state index contributed by atoms with van der Waals surface area (Å²) in [5.41, 5.74) is 7.61. The van der Waals surface area contributed by atoms with Crippen LogP contribution in [0.5, 0.6) is 0 Å². The van der Waals surface area contributed by atoms with Gasteiger partial charge in [-0.15, -0.1) is 0 Å². The number of carbonyl (C=O) groups is 2. The van der Waals surface area contributed by atoms with E-state index in [4.69, 9.17) is 5.73 Å². The molecule has 2 aromatic rings. The normalized spacial score (nSPS) is 13.2. The van der Waals surface area contributed by atoms with Crippen molar-refractivity contribution < 1.29 is 9.59 Å². The van der Waals surface area contributed by atoms with Crippen LogP contribution in [0.2, 0.25) is 0 Å². The third kappa shape index (κ3) is 5.18. The molecule has 0 aliphatic heterocycles. The number of nitrogens with two attached hydrogens (primary N) is 1. The average Bonchev–Trinajstić information content (AvgIpc) is 2.64. The molecule has 0 saturated carbocycles. The highest BCUT2D eigenvalue weighted by atomic mass is 16.2. The van der Waals surface area contributed by atoms with Gasteiger partial charge in [-0.3, -0.25) is 9.59 Å². The van der Waals surface area contributed by atoms with Gasteiger partial charge >= 0.3 is 0 Å². The van der Waals surface area contributed by atoms with Crippen molar-refractivity contribution in [2.45, 2.75) is 38.6 Å². The van der Waals surface area contributed by atoms with Gasteiger partial charge in [-0.05, 0) is 17.0 Å². The van der Waals surface area contributed by atoms with Crippen LogP contribution in [0.25, 0.3) is 0 Å². The molecule has 2 rings (SSSR count). The summed E-state index contributed by atoms with van der Waals surface area (Å²) in [5, 5.41) is 2.82. The second kappa shape index (κ2) is 9.02. The van der Waals surface area contributed by atoms with E-state index in [0.717, 1.165) is 17.5 Å². The molecule has 2 aromatic carbocycles. The fraction of sp³-hybridized carbons (Fsp3) is 0.333. The van der Waals surface area contributed by atoms with E-state index in [0.29, 0.717) is 0 Å². The Hall–Kier alpha value is -2.62. The second-order valence-electron chi connectivity index (χ2n) is 6.41. The maximum atomic E-state index is 12.6. The van der Waals surface area contributed by atoms with Crippen LogP contribution in [-0.4, -0.2) is 17.9 Å². The lowest BCUT2D eigenvalue weighted by molar-refractivity contribution is -0.128. The van der Waals surface area contributed by atoms with E-state index in [9.17, 15) is 9.59 Å². The molecule has 3 N–H and O–H groups in total. The molecule has 0 saturated heterocycles. The van der Waals surface area contributed by atoms with Crippen LogP contribution in [-0.2, 0) is 9.59 Å². The summed E-state index contributed by atoms with van der Waals surface area (Å²) in [6.45, 7) is 3.89. The fourth-order valence-corrected chi connectivity index (χ4v) is 2.95. The summed E-state index contributed by atoms with van der Waals surface area (Å²) >= 11 is 0. The number of amides is 2. The molecule has 2 unspecified atom stereocenters. The van der Waals surface area contributed by atoms with Gasteiger partial charge in [-0.1, -0.05) is 80.9 Å². The standard InChI is InChI=1S/C21H26N2O2/c1-3-15(2)20(21(22)25)23-19(24)14-18(16-10-6-4-7-11-16)17-12-8-5-9-13-17/h4-13,15,18,20H,3,14H2,1-2H3,(H2,22,25)(H,23,24). The maximum absolute atomic E-state index is 12.6. The first-order chi connectivity index (χ1) is 12.0. The number of rotatable bonds is 8. The van der Waals surface area contributed by atoms with Crippen LogP contribution < -0.4 is 11.1 Å². The predicted molar refractivity (Wildman–Crippen MR) is 99.9 cm³/mol. The lowest BCUT2D eigenvalue weighted by Gasteiger charge is -2.23. The Labute approximate surface area is 149 Å². The van der Waals surface area contributed by atoms with Crippen molar-refractivity contribution in [1.82, 2.24) is 5.32 Å². The Bertz CT molecular complexity index is 646. The third-order valence-electron chi connectivity index (χ3n) is 4.63. The highest BCUT2D eigenvalue weighted by molar-refractivity contribution is 5.87. The largest absolute Gasteiger partial charge is 0.368 e. The van der Waals surface area contributed by atoms with E-state index in [2.05, 4.69) is 5.32 Å². The number of carbonyl (C=O) groups excluding carboxylic acids is 2. The van der Waals surface area contributed by atoms with Crippen LogP contribution in [0.4, 0.5) is 0 Å². The van der Waals surface area contributed by atoms with E-state index < -0.39 is 11.9 Å². The SMILES string of the molecule is CCC(C)C(NC(=O)CC(c1ccccc1)c1ccccc1)C(N)=O. The van der Waals surface area contributed by atoms with E-state index in [1.807, 2.05) is 74.5 Å². The quantitative estimate of drug-likeness (QED) is 0.775. The van der Waals surface area contributed by atoms with Gasteiger partial charge in [0, 0.05) is 12.3 Å². The van der Waals surface area contributed by atoms with Gasteiger partial charge < -0.3 is 11.1 Å². The van der Waals surface area contributed by atoms with Gasteiger partial charge in [0.1, 0.15) is 6.04 Å². The summed E-state index contributed by atoms with van der Waals surface area (Å²) in [6.07, 6.45) is 1.04. The number of hydrogen-bond acceptors (Lipinski definition) is 2. The Balaban J connectivity index is 2.19. The number of primary amides is 1. The third-order valence-corrected chi connectivity index (χ3v) is 4.63. The molecule has 2 atom stereocenters. The van der Waals surface area contributed by atoms with Crippen molar-refractivity contribution in [1.29, 1.82) is 0 Å². The highest BCUT2D eigenvalue weighted by Crippen LogP contribution is 2.27. The minimum Gasteiger partial charge on any atom is -0.368 e. The van der Waals surface area contributed by atoms with Crippen molar-refractivity contribution in [3.8, 4) is 0 Å². The molecule has 0 heterocycles. The molecular weight excluding hydrogens is 312 g/mol. The summed E-state index contributed by atoms with van der Waals surface area (Å²) < 4.78 is 0. The summed E-state index contributed by atoms with van der Waals surface area (Å²) in [7, 11) is 0. The topological polar surface area (TPSA) is 72.2 Å². The van der Waals surface area contributed by atoms with Crippen molar-refractivity contribution in [3.63, 3.8) is 0 Å². The average molecular weight is 338 g/mol. The first kappa shape index (κ1) is 18.7. The molecule has 4 heteroatoms. The van der Waals surface area contributed by atoms with Gasteiger partial charge in [0.05, 0.1) is 0 Å². The number of nitrogens with one attached hydrogen (secondary N) is 1. The summed E-state index contributed by atoms with van der Waals surface area (Å²) in [4.78, 5) is 24.3. The van der Waals surface area contributed by atoms with Gasteiger partial charge in [0.2, 0.25) is 11.8 Å². The Morgan fingerprint density at radius 1 is 0.960 bits per heavy atom. The molecule has 0 radical (unpaired) electrons. The van der Waals surface area contributed by atoms with Gasteiger partial charge in [0.25, 0.3) is 0 Å². The van der Waals surface area contributed by atoms with Crippen LogP contribution in [0, 0.1) is 5.92 Å². The van der Waals surface area contributed by atoms with Gasteiger partial charge in [-0.25, -0.2) is 0 Å². The zero-order valence-corrected chi connectivity index (χ0v) is 14.8. The summed E-state index contributed by atoms with van der Waals surface area (Å²) in [6, 6.07) is 19.2. The molecule has 4 nitrogen and oxygen atoms in total. The van der Waals surface area contributed by atoms with Crippen molar-refractivity contribution >= 4 is 11.8 Å². The van der Waals surface area contributed by atoms with E-state index in [-0.39, 0.29) is 24.2 Å². The molecule has 0 fully saturated rings. The monoisotopic (exact) mass is 338 g/mol. The smallest absolute Gasteiger partial charge is 0.240 e. The predicted octanol–water partition coefficient (Wildman–Crippen LogP) is 3.22. The van der Waals surface area contributed by atoms with Gasteiger partial charge in [-0.2, -0.15) is 0 Å². The van der Waals surface area contributed by atoms with Crippen LogP contribution in [0.3, 0.4) is 0 Å². The molecular formula is C21H26N2O2. The first-order valence-electron chi connectivity index (χ1n) is 8.71. The van der Waals surface area contributed by atoms with Crippen LogP contribution >= 0.6 is 0 Å². The van der Waals surface area contributed by atoms with Crippen molar-refractivity contribution in [2.24, 2.45) is 11.7 Å². The number of hydrogen-bond donors (Lipinski definition) is 2. The molecule has 0 aliphatic carbocycles. The van der Waals surface area contributed by atoms with Crippen LogP contribution in [0.15, 0.2) is 60.7 Å². The van der Waals surface area contributed by atoms with Crippen molar-refractivity contribution in [3.05, 3.63) is 71.8 Å². The Morgan fingerprint density at radius 2 is 1.44 bits per heavy atom. The minimum atomic E-state index is -0.635. The highest BCUT2D eigenvalue weighted by Gasteiger charge is 2.25. The number of benzene rings is 2. The second-order valence-corrected chi connectivity index (χ2v) is 6.41. The zero-order valence-electron chi connectivity index (χ0n) is 14.8. The molecule has 25 heavy (non-hydrogen) atoms. The van der Waals surface area contributed by atoms with E-state index in [1.54, 1.807) is 0 Å². The first-order valence-corrected chi connectivity index (χ1v) is 8.71. The fourth-order valence-electron chi connectivity index (χ4n) is 2.95. The molecule has 0 aliphatic rings. The molecule has 0 bridgehead atoms. The molecule has 2 amide bonds. The zero-order chi connectivity index (χ0) is 18.2. The van der Waals surface area contributed by atoms with E-state index >= 15 is 0 Å². The Morgan fingerprint density at radius 3 is 1.84 bits per heavy atom. The van der Waals surface area contributed by atoms with E-state index in [1.165, 1.54) is 0 Å². The van der Waals surface area contributed by atoms with Gasteiger partial charge in [0.15, 0.2) is 0 Å². The van der Waals surface area contributed by atoms with Crippen LogP contribution in [0.1, 0.15) is 43.7 Å². The summed E-state index contributed by atoms with van der Waals surface area (Å²) in [5.74, 6) is -0.707. The molecule has 132 valence electrons. The lowest BCUT2D eigenvalue weighted by atomic mass is 9.88.